The summed E-state index contributed by atoms with van der Waals surface area (Å²) in [7, 11) is 1.56. The number of nitrogens with one attached hydrogen (secondary N) is 1. The van der Waals surface area contributed by atoms with E-state index in [0.717, 1.165) is 0 Å². The quantitative estimate of drug-likeness (QED) is 0.675. The lowest BCUT2D eigenvalue weighted by Crippen LogP contribution is -1.99. The number of hydrogen-bond donors (Lipinski definition) is 1. The Morgan fingerprint density at radius 1 is 1.16 bits per heavy atom. The number of nitro benzene ring substituents is 1. The Bertz CT molecular complexity index is 617. The molecule has 0 unspecified atom stereocenters. The lowest BCUT2D eigenvalue weighted by atomic mass is 10.2. The largest absolute Gasteiger partial charge is 0.447 e. The van der Waals surface area contributed by atoms with E-state index in [2.05, 4.69) is 5.32 Å². The van der Waals surface area contributed by atoms with Crippen LogP contribution in [-0.2, 0) is 0 Å². The summed E-state index contributed by atoms with van der Waals surface area (Å²) in [5, 5.41) is 13.8. The van der Waals surface area contributed by atoms with Crippen LogP contribution in [-0.4, -0.2) is 12.0 Å². The molecule has 0 radical (unpaired) electrons. The fourth-order valence-corrected chi connectivity index (χ4v) is 1.64. The van der Waals surface area contributed by atoms with Crippen LogP contribution in [0.5, 0.6) is 11.5 Å². The molecule has 2 aromatic carbocycles. The van der Waals surface area contributed by atoms with Crippen LogP contribution in [0.4, 0.5) is 15.8 Å². The zero-order valence-corrected chi connectivity index (χ0v) is 10.1. The lowest BCUT2D eigenvalue weighted by molar-refractivity contribution is -0.384. The van der Waals surface area contributed by atoms with Gasteiger partial charge in [0, 0.05) is 7.05 Å². The van der Waals surface area contributed by atoms with Crippen molar-refractivity contribution in [1.82, 2.24) is 0 Å². The predicted molar refractivity (Wildman–Crippen MR) is 69.1 cm³/mol. The van der Waals surface area contributed by atoms with Crippen molar-refractivity contribution in [2.75, 3.05) is 12.4 Å². The first-order valence-corrected chi connectivity index (χ1v) is 5.51. The normalized spacial score (nSPS) is 10.0. The molecular weight excluding hydrogens is 251 g/mol. The molecule has 0 heterocycles. The van der Waals surface area contributed by atoms with Crippen molar-refractivity contribution < 1.29 is 14.1 Å². The summed E-state index contributed by atoms with van der Waals surface area (Å²) in [6.45, 7) is 0. The second-order valence-corrected chi connectivity index (χ2v) is 3.69. The van der Waals surface area contributed by atoms with E-state index in [4.69, 9.17) is 4.74 Å². The van der Waals surface area contributed by atoms with Gasteiger partial charge in [-0.25, -0.2) is 4.39 Å². The number of benzene rings is 2. The summed E-state index contributed by atoms with van der Waals surface area (Å²) in [5.74, 6) is -0.646. The molecule has 2 rings (SSSR count). The van der Waals surface area contributed by atoms with Crippen molar-refractivity contribution in [3.05, 3.63) is 58.4 Å². The van der Waals surface area contributed by atoms with Crippen molar-refractivity contribution in [2.45, 2.75) is 0 Å². The van der Waals surface area contributed by atoms with Crippen LogP contribution < -0.4 is 10.1 Å². The van der Waals surface area contributed by atoms with Crippen molar-refractivity contribution in [3.63, 3.8) is 0 Å². The van der Waals surface area contributed by atoms with Gasteiger partial charge in [-0.15, -0.1) is 0 Å². The SMILES string of the molecule is CNc1cccc(Oc2ccccc2F)c1[N+](=O)[O-]. The maximum Gasteiger partial charge on any atom is 0.334 e. The van der Waals surface area contributed by atoms with E-state index < -0.39 is 10.7 Å². The van der Waals surface area contributed by atoms with Gasteiger partial charge in [-0.2, -0.15) is 0 Å². The third kappa shape index (κ3) is 2.62. The smallest absolute Gasteiger partial charge is 0.334 e. The second kappa shape index (κ2) is 5.34. The van der Waals surface area contributed by atoms with Gasteiger partial charge in [0.1, 0.15) is 5.69 Å². The fourth-order valence-electron chi connectivity index (χ4n) is 1.64. The number of ether oxygens (including phenoxy) is 1. The van der Waals surface area contributed by atoms with E-state index in [1.807, 2.05) is 0 Å². The molecule has 0 aliphatic rings. The van der Waals surface area contributed by atoms with E-state index >= 15 is 0 Å². The Kier molecular flexibility index (Phi) is 3.61. The lowest BCUT2D eigenvalue weighted by Gasteiger charge is -2.09. The highest BCUT2D eigenvalue weighted by Gasteiger charge is 2.21. The monoisotopic (exact) mass is 262 g/mol. The van der Waals surface area contributed by atoms with Crippen molar-refractivity contribution >= 4 is 11.4 Å². The molecule has 0 bridgehead atoms. The zero-order chi connectivity index (χ0) is 13.8. The first-order chi connectivity index (χ1) is 9.13. The van der Waals surface area contributed by atoms with Crippen LogP contribution in [0.1, 0.15) is 0 Å². The molecule has 0 aromatic heterocycles. The van der Waals surface area contributed by atoms with Gasteiger partial charge in [0.25, 0.3) is 0 Å². The number of halogens is 1. The van der Waals surface area contributed by atoms with Gasteiger partial charge < -0.3 is 10.1 Å². The second-order valence-electron chi connectivity index (χ2n) is 3.69. The summed E-state index contributed by atoms with van der Waals surface area (Å²) < 4.78 is 18.8. The van der Waals surface area contributed by atoms with Crippen LogP contribution >= 0.6 is 0 Å². The highest BCUT2D eigenvalue weighted by atomic mass is 19.1. The van der Waals surface area contributed by atoms with Gasteiger partial charge in [-0.1, -0.05) is 18.2 Å². The Morgan fingerprint density at radius 3 is 2.47 bits per heavy atom. The molecule has 0 spiro atoms. The minimum Gasteiger partial charge on any atom is -0.447 e. The maximum atomic E-state index is 13.5. The number of anilines is 1. The van der Waals surface area contributed by atoms with Crippen LogP contribution in [0, 0.1) is 15.9 Å². The third-order valence-electron chi connectivity index (χ3n) is 2.51. The molecular formula is C13H11FN2O3. The molecule has 0 aliphatic heterocycles. The van der Waals surface area contributed by atoms with Crippen LogP contribution in [0.25, 0.3) is 0 Å². The Morgan fingerprint density at radius 2 is 1.84 bits per heavy atom. The molecule has 5 nitrogen and oxygen atoms in total. The molecule has 0 aliphatic carbocycles. The summed E-state index contributed by atoms with van der Waals surface area (Å²) in [5.41, 5.74) is 0.0760. The minimum atomic E-state index is -0.577. The van der Waals surface area contributed by atoms with Gasteiger partial charge in [0.2, 0.25) is 5.75 Å². The average Bonchev–Trinajstić information content (AvgIpc) is 2.40. The molecule has 98 valence electrons. The van der Waals surface area contributed by atoms with Crippen LogP contribution in [0.3, 0.4) is 0 Å². The number of para-hydroxylation sites is 2. The number of hydrogen-bond acceptors (Lipinski definition) is 4. The molecule has 0 saturated carbocycles. The average molecular weight is 262 g/mol. The first kappa shape index (κ1) is 12.8. The number of nitrogens with zero attached hydrogens (tertiary/aromatic N) is 1. The first-order valence-electron chi connectivity index (χ1n) is 5.51. The van der Waals surface area contributed by atoms with Crippen molar-refractivity contribution in [2.24, 2.45) is 0 Å². The van der Waals surface area contributed by atoms with Crippen molar-refractivity contribution in [3.8, 4) is 11.5 Å². The maximum absolute atomic E-state index is 13.5. The predicted octanol–water partition coefficient (Wildman–Crippen LogP) is 3.57. The Labute approximate surface area is 108 Å². The zero-order valence-electron chi connectivity index (χ0n) is 10.1. The standard InChI is InChI=1S/C13H11FN2O3/c1-15-10-6-4-8-12(13(10)16(17)18)19-11-7-3-2-5-9(11)14/h2-8,15H,1H3. The molecule has 0 amide bonds. The van der Waals surface area contributed by atoms with E-state index in [9.17, 15) is 14.5 Å². The van der Waals surface area contributed by atoms with Gasteiger partial charge in [-0.05, 0) is 24.3 Å². The topological polar surface area (TPSA) is 64.4 Å². The summed E-state index contributed by atoms with van der Waals surface area (Å²) in [6.07, 6.45) is 0. The van der Waals surface area contributed by atoms with E-state index in [1.165, 1.54) is 24.3 Å². The summed E-state index contributed by atoms with van der Waals surface area (Å²) in [4.78, 5) is 10.5. The molecule has 19 heavy (non-hydrogen) atoms. The number of nitro groups is 1. The van der Waals surface area contributed by atoms with Crippen molar-refractivity contribution in [1.29, 1.82) is 0 Å². The molecule has 2 aromatic rings. The van der Waals surface area contributed by atoms with Gasteiger partial charge in [-0.3, -0.25) is 10.1 Å². The highest BCUT2D eigenvalue weighted by molar-refractivity contribution is 5.68. The highest BCUT2D eigenvalue weighted by Crippen LogP contribution is 2.37. The van der Waals surface area contributed by atoms with Gasteiger partial charge in [0.15, 0.2) is 11.6 Å². The molecule has 0 atom stereocenters. The van der Waals surface area contributed by atoms with Crippen LogP contribution in [0.15, 0.2) is 42.5 Å². The molecule has 0 fully saturated rings. The fraction of sp³-hybridized carbons (Fsp3) is 0.0769. The van der Waals surface area contributed by atoms with Gasteiger partial charge in [0.05, 0.1) is 4.92 Å². The number of rotatable bonds is 4. The van der Waals surface area contributed by atoms with Gasteiger partial charge >= 0.3 is 5.69 Å². The summed E-state index contributed by atoms with van der Waals surface area (Å²) >= 11 is 0. The molecule has 0 saturated heterocycles. The minimum absolute atomic E-state index is 0.0121. The van der Waals surface area contributed by atoms with E-state index in [0.29, 0.717) is 5.69 Å². The summed E-state index contributed by atoms with van der Waals surface area (Å²) in [6, 6.07) is 10.3. The molecule has 1 N–H and O–H groups in total. The van der Waals surface area contributed by atoms with E-state index in [-0.39, 0.29) is 17.2 Å². The van der Waals surface area contributed by atoms with Crippen LogP contribution in [0.2, 0.25) is 0 Å². The Balaban J connectivity index is 2.46. The third-order valence-corrected chi connectivity index (χ3v) is 2.51. The molecule has 6 heteroatoms. The van der Waals surface area contributed by atoms with E-state index in [1.54, 1.807) is 25.2 Å². The Hall–Kier alpha value is -2.63.